The zero-order chi connectivity index (χ0) is 12.8. The maximum Gasteiger partial charge on any atom is 0.269 e. The second kappa shape index (κ2) is 5.95. The molecule has 0 saturated carbocycles. The molecule has 0 aliphatic carbocycles. The first-order valence-corrected chi connectivity index (χ1v) is 5.14. The third-order valence-corrected chi connectivity index (χ3v) is 2.23. The molecular formula is C11H14N2O4. The van der Waals surface area contributed by atoms with Gasteiger partial charge in [0.1, 0.15) is 0 Å². The zero-order valence-electron chi connectivity index (χ0n) is 9.42. The highest BCUT2D eigenvalue weighted by atomic mass is 16.6. The summed E-state index contributed by atoms with van der Waals surface area (Å²) in [4.78, 5) is 20.9. The minimum absolute atomic E-state index is 0.00187. The van der Waals surface area contributed by atoms with Crippen LogP contribution in [0.15, 0.2) is 24.3 Å². The van der Waals surface area contributed by atoms with Gasteiger partial charge in [0.25, 0.3) is 5.69 Å². The second-order valence-electron chi connectivity index (χ2n) is 3.71. The van der Waals surface area contributed by atoms with E-state index < -0.39 is 11.0 Å². The number of non-ortho nitro benzene ring substituents is 1. The first-order valence-electron chi connectivity index (χ1n) is 5.14. The van der Waals surface area contributed by atoms with Crippen molar-refractivity contribution in [3.8, 4) is 0 Å². The number of benzene rings is 1. The fraction of sp³-hybridized carbons (Fsp3) is 0.364. The SMILES string of the molecule is CC(=O)NC(CO)Cc1cccc([N+](=O)[O-])c1. The lowest BCUT2D eigenvalue weighted by Gasteiger charge is -2.14. The number of nitrogens with one attached hydrogen (secondary N) is 1. The molecular weight excluding hydrogens is 224 g/mol. The zero-order valence-corrected chi connectivity index (χ0v) is 9.42. The first-order chi connectivity index (χ1) is 8.02. The summed E-state index contributed by atoms with van der Waals surface area (Å²) >= 11 is 0. The monoisotopic (exact) mass is 238 g/mol. The Balaban J connectivity index is 2.75. The van der Waals surface area contributed by atoms with E-state index in [1.54, 1.807) is 12.1 Å². The molecule has 1 aromatic carbocycles. The van der Waals surface area contributed by atoms with Crippen LogP contribution < -0.4 is 5.32 Å². The minimum atomic E-state index is -0.476. The summed E-state index contributed by atoms with van der Waals surface area (Å²) < 4.78 is 0. The Bertz CT molecular complexity index is 420. The quantitative estimate of drug-likeness (QED) is 0.581. The number of carbonyl (C=O) groups is 1. The van der Waals surface area contributed by atoms with Gasteiger partial charge in [0.15, 0.2) is 0 Å². The molecule has 0 spiro atoms. The minimum Gasteiger partial charge on any atom is -0.394 e. The normalized spacial score (nSPS) is 11.9. The number of carbonyl (C=O) groups excluding carboxylic acids is 1. The molecule has 1 unspecified atom stereocenters. The molecule has 92 valence electrons. The molecule has 1 atom stereocenters. The maximum atomic E-state index is 10.8. The second-order valence-corrected chi connectivity index (χ2v) is 3.71. The Morgan fingerprint density at radius 1 is 1.59 bits per heavy atom. The maximum absolute atomic E-state index is 10.8. The molecule has 0 radical (unpaired) electrons. The summed E-state index contributed by atoms with van der Waals surface area (Å²) in [5.74, 6) is -0.241. The predicted octanol–water partition coefficient (Wildman–Crippen LogP) is 0.634. The van der Waals surface area contributed by atoms with Crippen LogP contribution >= 0.6 is 0 Å². The molecule has 0 fully saturated rings. The van der Waals surface area contributed by atoms with Crippen LogP contribution in [0.25, 0.3) is 0 Å². The van der Waals surface area contributed by atoms with E-state index in [-0.39, 0.29) is 18.2 Å². The Morgan fingerprint density at radius 3 is 2.82 bits per heavy atom. The number of aliphatic hydroxyl groups excluding tert-OH is 1. The van der Waals surface area contributed by atoms with E-state index in [2.05, 4.69) is 5.32 Å². The number of nitro benzene ring substituents is 1. The van der Waals surface area contributed by atoms with Gasteiger partial charge >= 0.3 is 0 Å². The van der Waals surface area contributed by atoms with Gasteiger partial charge in [-0.2, -0.15) is 0 Å². The average molecular weight is 238 g/mol. The third-order valence-electron chi connectivity index (χ3n) is 2.23. The highest BCUT2D eigenvalue weighted by molar-refractivity contribution is 5.73. The van der Waals surface area contributed by atoms with Gasteiger partial charge in [-0.05, 0) is 12.0 Å². The lowest BCUT2D eigenvalue weighted by atomic mass is 10.1. The first kappa shape index (κ1) is 13.1. The number of hydrogen-bond acceptors (Lipinski definition) is 4. The van der Waals surface area contributed by atoms with E-state index in [1.807, 2.05) is 0 Å². The number of nitrogens with zero attached hydrogens (tertiary/aromatic N) is 1. The third kappa shape index (κ3) is 4.20. The van der Waals surface area contributed by atoms with Crippen molar-refractivity contribution in [2.24, 2.45) is 0 Å². The highest BCUT2D eigenvalue weighted by Gasteiger charge is 2.12. The van der Waals surface area contributed by atoms with Crippen LogP contribution in [0.3, 0.4) is 0 Å². The van der Waals surface area contributed by atoms with Crippen LogP contribution in [-0.2, 0) is 11.2 Å². The number of nitro groups is 1. The molecule has 0 aliphatic rings. The van der Waals surface area contributed by atoms with E-state index in [0.29, 0.717) is 12.0 Å². The number of rotatable bonds is 5. The van der Waals surface area contributed by atoms with Crippen LogP contribution in [0, 0.1) is 10.1 Å². The van der Waals surface area contributed by atoms with Gasteiger partial charge in [0.2, 0.25) is 5.91 Å². The summed E-state index contributed by atoms with van der Waals surface area (Å²) in [7, 11) is 0. The van der Waals surface area contributed by atoms with Crippen LogP contribution in [0.4, 0.5) is 5.69 Å². The summed E-state index contributed by atoms with van der Waals surface area (Å²) in [6.45, 7) is 1.15. The van der Waals surface area contributed by atoms with Crippen molar-refractivity contribution in [2.75, 3.05) is 6.61 Å². The standard InChI is InChI=1S/C11H14N2O4/c1-8(15)12-10(7-14)5-9-3-2-4-11(6-9)13(16)17/h2-4,6,10,14H,5,7H2,1H3,(H,12,15). The molecule has 0 bridgehead atoms. The average Bonchev–Trinajstić information content (AvgIpc) is 2.28. The van der Waals surface area contributed by atoms with E-state index >= 15 is 0 Å². The molecule has 0 aliphatic heterocycles. The van der Waals surface area contributed by atoms with Crippen molar-refractivity contribution < 1.29 is 14.8 Å². The van der Waals surface area contributed by atoms with Crippen molar-refractivity contribution in [3.63, 3.8) is 0 Å². The van der Waals surface area contributed by atoms with Gasteiger partial charge in [-0.25, -0.2) is 0 Å². The molecule has 6 nitrogen and oxygen atoms in total. The smallest absolute Gasteiger partial charge is 0.269 e. The van der Waals surface area contributed by atoms with Crippen LogP contribution in [-0.4, -0.2) is 28.6 Å². The Hall–Kier alpha value is -1.95. The molecule has 1 amide bonds. The van der Waals surface area contributed by atoms with E-state index in [4.69, 9.17) is 5.11 Å². The Morgan fingerprint density at radius 2 is 2.29 bits per heavy atom. The Labute approximate surface area is 98.4 Å². The van der Waals surface area contributed by atoms with E-state index in [9.17, 15) is 14.9 Å². The van der Waals surface area contributed by atoms with Crippen LogP contribution in [0.5, 0.6) is 0 Å². The summed E-state index contributed by atoms with van der Waals surface area (Å²) in [6.07, 6.45) is 0.359. The van der Waals surface area contributed by atoms with Crippen LogP contribution in [0.1, 0.15) is 12.5 Å². The van der Waals surface area contributed by atoms with Gasteiger partial charge in [0, 0.05) is 19.1 Å². The number of aliphatic hydroxyl groups is 1. The predicted molar refractivity (Wildman–Crippen MR) is 61.5 cm³/mol. The summed E-state index contributed by atoms with van der Waals surface area (Å²) in [5.41, 5.74) is 0.703. The fourth-order valence-corrected chi connectivity index (χ4v) is 1.53. The summed E-state index contributed by atoms with van der Waals surface area (Å²) in [5, 5.41) is 22.2. The number of hydrogen-bond donors (Lipinski definition) is 2. The molecule has 1 rings (SSSR count). The molecule has 1 aromatic rings. The van der Waals surface area contributed by atoms with Gasteiger partial charge in [-0.3, -0.25) is 14.9 Å². The lowest BCUT2D eigenvalue weighted by molar-refractivity contribution is -0.384. The van der Waals surface area contributed by atoms with Gasteiger partial charge in [-0.1, -0.05) is 12.1 Å². The molecule has 17 heavy (non-hydrogen) atoms. The van der Waals surface area contributed by atoms with E-state index in [1.165, 1.54) is 19.1 Å². The molecule has 6 heteroatoms. The van der Waals surface area contributed by atoms with Gasteiger partial charge in [-0.15, -0.1) is 0 Å². The Kier molecular flexibility index (Phi) is 4.59. The lowest BCUT2D eigenvalue weighted by Crippen LogP contribution is -2.37. The molecule has 2 N–H and O–H groups in total. The largest absolute Gasteiger partial charge is 0.394 e. The van der Waals surface area contributed by atoms with Crippen molar-refractivity contribution in [2.45, 2.75) is 19.4 Å². The van der Waals surface area contributed by atoms with Gasteiger partial charge < -0.3 is 10.4 Å². The molecule has 0 saturated heterocycles. The number of amides is 1. The van der Waals surface area contributed by atoms with Gasteiger partial charge in [0.05, 0.1) is 17.6 Å². The van der Waals surface area contributed by atoms with Crippen molar-refractivity contribution in [1.29, 1.82) is 0 Å². The fourth-order valence-electron chi connectivity index (χ4n) is 1.53. The van der Waals surface area contributed by atoms with Crippen LogP contribution in [0.2, 0.25) is 0 Å². The molecule has 0 heterocycles. The summed E-state index contributed by atoms with van der Waals surface area (Å²) in [6, 6.07) is 5.71. The van der Waals surface area contributed by atoms with Crippen molar-refractivity contribution in [3.05, 3.63) is 39.9 Å². The van der Waals surface area contributed by atoms with Crippen molar-refractivity contribution >= 4 is 11.6 Å². The van der Waals surface area contributed by atoms with E-state index in [0.717, 1.165) is 0 Å². The highest BCUT2D eigenvalue weighted by Crippen LogP contribution is 2.14. The van der Waals surface area contributed by atoms with Crippen molar-refractivity contribution in [1.82, 2.24) is 5.32 Å². The molecule has 0 aromatic heterocycles. The topological polar surface area (TPSA) is 92.5 Å².